The molecule has 3 atom stereocenters. The van der Waals surface area contributed by atoms with Crippen molar-refractivity contribution < 1.29 is 5.11 Å². The molecule has 2 aliphatic rings. The average Bonchev–Trinajstić information content (AvgIpc) is 3.17. The number of aromatic nitrogens is 2. The number of nitrogens with one attached hydrogen (secondary N) is 1. The van der Waals surface area contributed by atoms with Gasteiger partial charge >= 0.3 is 0 Å². The first-order valence-corrected chi connectivity index (χ1v) is 9.41. The Hall–Kier alpha value is -1.69. The highest BCUT2D eigenvalue weighted by Gasteiger charge is 2.32. The van der Waals surface area contributed by atoms with Gasteiger partial charge in [0.2, 0.25) is 0 Å². The fourth-order valence-corrected chi connectivity index (χ4v) is 4.38. The summed E-state index contributed by atoms with van der Waals surface area (Å²) in [5, 5.41) is 18.4. The fraction of sp³-hybridized carbons (Fsp3) is 0.550. The number of aliphatic hydroxyl groups excluding tert-OH is 1. The zero-order chi connectivity index (χ0) is 17.2. The standard InChI is InChI=1S/C20H28N4O/c1-23-20-9-5-8-19(18(20)12-22-23)21-11-16-10-17(25)14-24(16)13-15-6-3-2-4-7-15/h2-4,6-7,12,16-17,19,21,25H,5,8-11,13-14H2,1H3. The maximum Gasteiger partial charge on any atom is 0.0682 e. The SMILES string of the molecule is Cn1ncc2c1CCCC2NCC1CC(O)CN1Cc1ccccc1. The molecule has 2 N–H and O–H groups in total. The molecule has 0 spiro atoms. The second-order valence-corrected chi connectivity index (χ2v) is 7.48. The van der Waals surface area contributed by atoms with E-state index < -0.39 is 0 Å². The molecule has 0 saturated carbocycles. The molecule has 1 aliphatic carbocycles. The van der Waals surface area contributed by atoms with E-state index in [9.17, 15) is 5.11 Å². The van der Waals surface area contributed by atoms with Crippen molar-refractivity contribution >= 4 is 0 Å². The number of hydrogen-bond donors (Lipinski definition) is 2. The number of benzene rings is 1. The van der Waals surface area contributed by atoms with Crippen molar-refractivity contribution in [1.82, 2.24) is 20.0 Å². The molecule has 1 aromatic carbocycles. The van der Waals surface area contributed by atoms with Crippen LogP contribution in [-0.2, 0) is 20.0 Å². The monoisotopic (exact) mass is 340 g/mol. The molecule has 134 valence electrons. The van der Waals surface area contributed by atoms with E-state index >= 15 is 0 Å². The number of aliphatic hydroxyl groups is 1. The van der Waals surface area contributed by atoms with E-state index in [0.29, 0.717) is 12.1 Å². The van der Waals surface area contributed by atoms with Crippen molar-refractivity contribution in [3.8, 4) is 0 Å². The molecule has 5 nitrogen and oxygen atoms in total. The smallest absolute Gasteiger partial charge is 0.0682 e. The second kappa shape index (κ2) is 7.28. The number of fused-ring (bicyclic) bond motifs is 1. The molecule has 0 radical (unpaired) electrons. The maximum absolute atomic E-state index is 10.2. The number of β-amino-alcohol motifs (C(OH)–C–C–N with tert-alkyl or cyclic N) is 1. The summed E-state index contributed by atoms with van der Waals surface area (Å²) in [5.41, 5.74) is 4.05. The quantitative estimate of drug-likeness (QED) is 0.874. The van der Waals surface area contributed by atoms with Crippen LogP contribution in [-0.4, -0.2) is 45.0 Å². The van der Waals surface area contributed by atoms with Crippen molar-refractivity contribution in [2.24, 2.45) is 7.05 Å². The van der Waals surface area contributed by atoms with Crippen LogP contribution in [0.4, 0.5) is 0 Å². The molecule has 1 aromatic heterocycles. The third-order valence-electron chi connectivity index (χ3n) is 5.71. The van der Waals surface area contributed by atoms with Crippen molar-refractivity contribution in [2.45, 2.75) is 50.4 Å². The Kier molecular flexibility index (Phi) is 4.88. The van der Waals surface area contributed by atoms with Gasteiger partial charge in [0.15, 0.2) is 0 Å². The Morgan fingerprint density at radius 3 is 2.96 bits per heavy atom. The van der Waals surface area contributed by atoms with Gasteiger partial charge in [-0.05, 0) is 31.2 Å². The summed E-state index contributed by atoms with van der Waals surface area (Å²) >= 11 is 0. The number of aryl methyl sites for hydroxylation is 1. The Morgan fingerprint density at radius 1 is 1.28 bits per heavy atom. The van der Waals surface area contributed by atoms with Crippen LogP contribution in [0.2, 0.25) is 0 Å². The minimum Gasteiger partial charge on any atom is -0.392 e. The molecular formula is C20H28N4O. The van der Waals surface area contributed by atoms with Gasteiger partial charge < -0.3 is 10.4 Å². The molecule has 5 heteroatoms. The van der Waals surface area contributed by atoms with E-state index in [1.165, 1.54) is 29.7 Å². The van der Waals surface area contributed by atoms with Gasteiger partial charge in [-0.15, -0.1) is 0 Å². The zero-order valence-corrected chi connectivity index (χ0v) is 14.9. The van der Waals surface area contributed by atoms with Crippen LogP contribution in [0.25, 0.3) is 0 Å². The van der Waals surface area contributed by atoms with Gasteiger partial charge in [0.1, 0.15) is 0 Å². The highest BCUT2D eigenvalue weighted by molar-refractivity contribution is 5.24. The molecule has 1 aliphatic heterocycles. The van der Waals surface area contributed by atoms with Crippen molar-refractivity contribution in [1.29, 1.82) is 0 Å². The molecule has 4 rings (SSSR count). The minimum absolute atomic E-state index is 0.212. The second-order valence-electron chi connectivity index (χ2n) is 7.48. The number of nitrogens with zero attached hydrogens (tertiary/aromatic N) is 3. The van der Waals surface area contributed by atoms with E-state index in [4.69, 9.17) is 0 Å². The normalized spacial score (nSPS) is 26.7. The third kappa shape index (κ3) is 3.64. The fourth-order valence-electron chi connectivity index (χ4n) is 4.38. The van der Waals surface area contributed by atoms with Crippen LogP contribution < -0.4 is 5.32 Å². The van der Waals surface area contributed by atoms with Gasteiger partial charge in [-0.25, -0.2) is 0 Å². The minimum atomic E-state index is -0.212. The predicted molar refractivity (Wildman–Crippen MR) is 98.2 cm³/mol. The van der Waals surface area contributed by atoms with Gasteiger partial charge in [0.25, 0.3) is 0 Å². The summed E-state index contributed by atoms with van der Waals surface area (Å²) in [7, 11) is 2.04. The van der Waals surface area contributed by atoms with Crippen LogP contribution in [0.15, 0.2) is 36.5 Å². The molecule has 2 heterocycles. The zero-order valence-electron chi connectivity index (χ0n) is 14.9. The molecular weight excluding hydrogens is 312 g/mol. The lowest BCUT2D eigenvalue weighted by Crippen LogP contribution is -2.39. The van der Waals surface area contributed by atoms with Gasteiger partial charge in [0.05, 0.1) is 12.3 Å². The van der Waals surface area contributed by atoms with Crippen LogP contribution in [0.3, 0.4) is 0 Å². The van der Waals surface area contributed by atoms with Gasteiger partial charge in [-0.3, -0.25) is 9.58 Å². The maximum atomic E-state index is 10.2. The van der Waals surface area contributed by atoms with Crippen LogP contribution in [0.1, 0.15) is 42.1 Å². The van der Waals surface area contributed by atoms with E-state index in [0.717, 1.165) is 32.5 Å². The Bertz CT molecular complexity index is 699. The molecule has 2 aromatic rings. The highest BCUT2D eigenvalue weighted by Crippen LogP contribution is 2.30. The molecule has 25 heavy (non-hydrogen) atoms. The Balaban J connectivity index is 1.40. The van der Waals surface area contributed by atoms with E-state index in [1.807, 2.05) is 17.9 Å². The van der Waals surface area contributed by atoms with E-state index in [2.05, 4.69) is 45.6 Å². The first kappa shape index (κ1) is 16.8. The van der Waals surface area contributed by atoms with E-state index in [-0.39, 0.29) is 6.10 Å². The Morgan fingerprint density at radius 2 is 2.12 bits per heavy atom. The van der Waals surface area contributed by atoms with Crippen molar-refractivity contribution in [3.05, 3.63) is 53.3 Å². The lowest BCUT2D eigenvalue weighted by atomic mass is 9.93. The summed E-state index contributed by atoms with van der Waals surface area (Å²) in [5.74, 6) is 0. The summed E-state index contributed by atoms with van der Waals surface area (Å²) < 4.78 is 2.02. The van der Waals surface area contributed by atoms with Crippen LogP contribution in [0, 0.1) is 0 Å². The lowest BCUT2D eigenvalue weighted by Gasteiger charge is -2.29. The van der Waals surface area contributed by atoms with Gasteiger partial charge in [-0.2, -0.15) is 5.10 Å². The first-order valence-electron chi connectivity index (χ1n) is 9.41. The summed E-state index contributed by atoms with van der Waals surface area (Å²) in [4.78, 5) is 2.42. The third-order valence-corrected chi connectivity index (χ3v) is 5.71. The Labute approximate surface area is 149 Å². The van der Waals surface area contributed by atoms with Crippen LogP contribution >= 0.6 is 0 Å². The average molecular weight is 340 g/mol. The first-order chi connectivity index (χ1) is 12.2. The van der Waals surface area contributed by atoms with Crippen molar-refractivity contribution in [3.63, 3.8) is 0 Å². The highest BCUT2D eigenvalue weighted by atomic mass is 16.3. The number of hydrogen-bond acceptors (Lipinski definition) is 4. The molecule has 0 bridgehead atoms. The van der Waals surface area contributed by atoms with Crippen molar-refractivity contribution in [2.75, 3.05) is 13.1 Å². The summed E-state index contributed by atoms with van der Waals surface area (Å²) in [6.45, 7) is 2.60. The number of rotatable bonds is 5. The molecule has 3 unspecified atom stereocenters. The molecule has 1 saturated heterocycles. The molecule has 0 amide bonds. The largest absolute Gasteiger partial charge is 0.392 e. The lowest BCUT2D eigenvalue weighted by molar-refractivity contribution is 0.172. The summed E-state index contributed by atoms with van der Waals surface area (Å²) in [6.07, 6.45) is 6.18. The van der Waals surface area contributed by atoms with E-state index in [1.54, 1.807) is 0 Å². The summed E-state index contributed by atoms with van der Waals surface area (Å²) in [6, 6.07) is 11.3. The number of likely N-dealkylation sites (tertiary alicyclic amines) is 1. The van der Waals surface area contributed by atoms with Gasteiger partial charge in [-0.1, -0.05) is 30.3 Å². The van der Waals surface area contributed by atoms with Gasteiger partial charge in [0, 0.05) is 50.0 Å². The predicted octanol–water partition coefficient (Wildman–Crippen LogP) is 2.02. The molecule has 1 fully saturated rings. The van der Waals surface area contributed by atoms with Crippen LogP contribution in [0.5, 0.6) is 0 Å². The topological polar surface area (TPSA) is 53.3 Å².